The fourth-order valence-corrected chi connectivity index (χ4v) is 2.29. The SMILES string of the molecule is Cc1c(CNCC(C)O)n(C)c2ccccc12. The van der Waals surface area contributed by atoms with Gasteiger partial charge in [0.1, 0.15) is 0 Å². The number of aliphatic hydroxyl groups excluding tert-OH is 1. The maximum absolute atomic E-state index is 9.24. The first kappa shape index (κ1) is 12.1. The largest absolute Gasteiger partial charge is 0.392 e. The van der Waals surface area contributed by atoms with E-state index in [1.165, 1.54) is 22.2 Å². The van der Waals surface area contributed by atoms with E-state index in [9.17, 15) is 5.11 Å². The Kier molecular flexibility index (Phi) is 3.50. The fraction of sp³-hybridized carbons (Fsp3) is 0.429. The summed E-state index contributed by atoms with van der Waals surface area (Å²) >= 11 is 0. The first-order chi connectivity index (χ1) is 8.11. The topological polar surface area (TPSA) is 37.2 Å². The zero-order valence-corrected chi connectivity index (χ0v) is 10.7. The van der Waals surface area contributed by atoms with Crippen LogP contribution in [0.3, 0.4) is 0 Å². The van der Waals surface area contributed by atoms with E-state index >= 15 is 0 Å². The van der Waals surface area contributed by atoms with Gasteiger partial charge in [-0.05, 0) is 25.5 Å². The molecule has 1 aromatic carbocycles. The molecule has 3 nitrogen and oxygen atoms in total. The lowest BCUT2D eigenvalue weighted by atomic mass is 10.1. The molecular formula is C14H20N2O. The summed E-state index contributed by atoms with van der Waals surface area (Å²) in [6.07, 6.45) is -0.301. The van der Waals surface area contributed by atoms with E-state index in [1.807, 2.05) is 0 Å². The minimum atomic E-state index is -0.301. The van der Waals surface area contributed by atoms with Crippen LogP contribution in [0, 0.1) is 6.92 Å². The molecule has 0 saturated heterocycles. The Labute approximate surface area is 102 Å². The fourth-order valence-electron chi connectivity index (χ4n) is 2.29. The first-order valence-corrected chi connectivity index (χ1v) is 6.03. The molecule has 0 fully saturated rings. The molecule has 0 aliphatic heterocycles. The number of aryl methyl sites for hydroxylation is 2. The number of rotatable bonds is 4. The van der Waals surface area contributed by atoms with E-state index in [0.717, 1.165) is 6.54 Å². The van der Waals surface area contributed by atoms with Crippen molar-refractivity contribution in [3.05, 3.63) is 35.5 Å². The van der Waals surface area contributed by atoms with Crippen molar-refractivity contribution < 1.29 is 5.11 Å². The average molecular weight is 232 g/mol. The highest BCUT2D eigenvalue weighted by Crippen LogP contribution is 2.24. The molecule has 1 aromatic heterocycles. The van der Waals surface area contributed by atoms with Gasteiger partial charge in [-0.3, -0.25) is 0 Å². The number of nitrogens with zero attached hydrogens (tertiary/aromatic N) is 1. The van der Waals surface area contributed by atoms with Crippen molar-refractivity contribution in [1.82, 2.24) is 9.88 Å². The third-order valence-electron chi connectivity index (χ3n) is 3.24. The maximum Gasteiger partial charge on any atom is 0.0636 e. The van der Waals surface area contributed by atoms with E-state index in [0.29, 0.717) is 6.54 Å². The quantitative estimate of drug-likeness (QED) is 0.845. The molecule has 0 aliphatic rings. The maximum atomic E-state index is 9.24. The number of fused-ring (bicyclic) bond motifs is 1. The average Bonchev–Trinajstić information content (AvgIpc) is 2.54. The Balaban J connectivity index is 2.28. The van der Waals surface area contributed by atoms with Crippen molar-refractivity contribution in [3.8, 4) is 0 Å². The van der Waals surface area contributed by atoms with Crippen molar-refractivity contribution in [3.63, 3.8) is 0 Å². The zero-order chi connectivity index (χ0) is 12.4. The summed E-state index contributed by atoms with van der Waals surface area (Å²) in [6, 6.07) is 8.43. The summed E-state index contributed by atoms with van der Waals surface area (Å²) in [4.78, 5) is 0. The highest BCUT2D eigenvalue weighted by Gasteiger charge is 2.10. The Bertz CT molecular complexity index is 475. The highest BCUT2D eigenvalue weighted by molar-refractivity contribution is 5.85. The van der Waals surface area contributed by atoms with Gasteiger partial charge < -0.3 is 15.0 Å². The second-order valence-electron chi connectivity index (χ2n) is 4.63. The Morgan fingerprint density at radius 1 is 1.35 bits per heavy atom. The summed E-state index contributed by atoms with van der Waals surface area (Å²) < 4.78 is 2.22. The second-order valence-corrected chi connectivity index (χ2v) is 4.63. The molecule has 1 heterocycles. The number of hydrogen-bond acceptors (Lipinski definition) is 2. The van der Waals surface area contributed by atoms with Gasteiger partial charge in [-0.25, -0.2) is 0 Å². The van der Waals surface area contributed by atoms with E-state index in [4.69, 9.17) is 0 Å². The Morgan fingerprint density at radius 2 is 2.06 bits per heavy atom. The van der Waals surface area contributed by atoms with Crippen LogP contribution in [0.5, 0.6) is 0 Å². The molecule has 1 unspecified atom stereocenters. The van der Waals surface area contributed by atoms with Crippen LogP contribution in [0.2, 0.25) is 0 Å². The van der Waals surface area contributed by atoms with Crippen molar-refractivity contribution in [1.29, 1.82) is 0 Å². The minimum Gasteiger partial charge on any atom is -0.392 e. The smallest absolute Gasteiger partial charge is 0.0636 e. The lowest BCUT2D eigenvalue weighted by molar-refractivity contribution is 0.190. The molecule has 0 amide bonds. The molecule has 0 saturated carbocycles. The van der Waals surface area contributed by atoms with Gasteiger partial charge in [-0.1, -0.05) is 18.2 Å². The van der Waals surface area contributed by atoms with Gasteiger partial charge in [0.05, 0.1) is 6.10 Å². The lowest BCUT2D eigenvalue weighted by Crippen LogP contribution is -2.25. The summed E-state index contributed by atoms with van der Waals surface area (Å²) in [5.41, 5.74) is 3.87. The molecule has 17 heavy (non-hydrogen) atoms. The Morgan fingerprint density at radius 3 is 2.71 bits per heavy atom. The molecule has 2 rings (SSSR count). The summed E-state index contributed by atoms with van der Waals surface area (Å²) in [5, 5.41) is 13.8. The number of aromatic nitrogens is 1. The molecule has 2 aromatic rings. The summed E-state index contributed by atoms with van der Waals surface area (Å²) in [7, 11) is 2.09. The van der Waals surface area contributed by atoms with Gasteiger partial charge >= 0.3 is 0 Å². The van der Waals surface area contributed by atoms with E-state index in [-0.39, 0.29) is 6.10 Å². The van der Waals surface area contributed by atoms with Crippen molar-refractivity contribution in [2.24, 2.45) is 7.05 Å². The van der Waals surface area contributed by atoms with E-state index < -0.39 is 0 Å². The number of hydrogen-bond donors (Lipinski definition) is 2. The number of benzene rings is 1. The molecule has 92 valence electrons. The predicted molar refractivity (Wildman–Crippen MR) is 71.0 cm³/mol. The Hall–Kier alpha value is -1.32. The molecule has 0 spiro atoms. The van der Waals surface area contributed by atoms with Crippen molar-refractivity contribution in [2.75, 3.05) is 6.54 Å². The third kappa shape index (κ3) is 2.35. The molecular weight excluding hydrogens is 212 g/mol. The molecule has 0 bridgehead atoms. The van der Waals surface area contributed by atoms with Crippen LogP contribution in [0.4, 0.5) is 0 Å². The monoisotopic (exact) mass is 232 g/mol. The van der Waals surface area contributed by atoms with Crippen LogP contribution in [0.1, 0.15) is 18.2 Å². The van der Waals surface area contributed by atoms with Gasteiger partial charge in [0, 0.05) is 36.7 Å². The van der Waals surface area contributed by atoms with Crippen LogP contribution < -0.4 is 5.32 Å². The standard InChI is InChI=1S/C14H20N2O/c1-10(17)8-15-9-14-11(2)12-6-4-5-7-13(12)16(14)3/h4-7,10,15,17H,8-9H2,1-3H3. The minimum absolute atomic E-state index is 0.301. The zero-order valence-electron chi connectivity index (χ0n) is 10.7. The number of nitrogens with one attached hydrogen (secondary N) is 1. The molecule has 0 radical (unpaired) electrons. The molecule has 1 atom stereocenters. The van der Waals surface area contributed by atoms with Crippen molar-refractivity contribution in [2.45, 2.75) is 26.5 Å². The number of aliphatic hydroxyl groups is 1. The second kappa shape index (κ2) is 4.90. The summed E-state index contributed by atoms with van der Waals surface area (Å²) in [5.74, 6) is 0. The van der Waals surface area contributed by atoms with Crippen LogP contribution in [-0.4, -0.2) is 22.3 Å². The van der Waals surface area contributed by atoms with Crippen LogP contribution in [0.25, 0.3) is 10.9 Å². The lowest BCUT2D eigenvalue weighted by Gasteiger charge is -2.09. The molecule has 2 N–H and O–H groups in total. The van der Waals surface area contributed by atoms with E-state index in [1.54, 1.807) is 6.92 Å². The highest BCUT2D eigenvalue weighted by atomic mass is 16.3. The predicted octanol–water partition coefficient (Wildman–Crippen LogP) is 1.96. The van der Waals surface area contributed by atoms with Crippen molar-refractivity contribution >= 4 is 10.9 Å². The van der Waals surface area contributed by atoms with Gasteiger partial charge in [0.15, 0.2) is 0 Å². The molecule has 0 aliphatic carbocycles. The third-order valence-corrected chi connectivity index (χ3v) is 3.24. The van der Waals surface area contributed by atoms with Crippen LogP contribution >= 0.6 is 0 Å². The van der Waals surface area contributed by atoms with Gasteiger partial charge in [0.25, 0.3) is 0 Å². The first-order valence-electron chi connectivity index (χ1n) is 6.03. The summed E-state index contributed by atoms with van der Waals surface area (Å²) in [6.45, 7) is 5.37. The van der Waals surface area contributed by atoms with Gasteiger partial charge in [-0.2, -0.15) is 0 Å². The number of para-hydroxylation sites is 1. The van der Waals surface area contributed by atoms with Crippen LogP contribution in [0.15, 0.2) is 24.3 Å². The molecule has 3 heteroatoms. The van der Waals surface area contributed by atoms with Gasteiger partial charge in [0.2, 0.25) is 0 Å². The van der Waals surface area contributed by atoms with Gasteiger partial charge in [-0.15, -0.1) is 0 Å². The normalized spacial score (nSPS) is 13.2. The van der Waals surface area contributed by atoms with Crippen LogP contribution in [-0.2, 0) is 13.6 Å². The van der Waals surface area contributed by atoms with E-state index in [2.05, 4.69) is 48.1 Å².